The van der Waals surface area contributed by atoms with Gasteiger partial charge in [0.25, 0.3) is 0 Å². The van der Waals surface area contributed by atoms with E-state index in [1.807, 2.05) is 32.9 Å². The molecule has 116 valence electrons. The van der Waals surface area contributed by atoms with Gasteiger partial charge in [-0.15, -0.1) is 4.72 Å². The van der Waals surface area contributed by atoms with Crippen LogP contribution in [0, 0.1) is 0 Å². The van der Waals surface area contributed by atoms with E-state index in [4.69, 9.17) is 4.74 Å². The Labute approximate surface area is 129 Å². The van der Waals surface area contributed by atoms with Gasteiger partial charge < -0.3 is 9.29 Å². The monoisotopic (exact) mass is 309 g/mol. The lowest BCUT2D eigenvalue weighted by molar-refractivity contribution is 0.0525. The molecule has 1 N–H and O–H groups in total. The van der Waals surface area contributed by atoms with Crippen LogP contribution in [0.1, 0.15) is 61.6 Å². The lowest BCUT2D eigenvalue weighted by atomic mass is 10.0. The molecule has 0 aromatic heterocycles. The van der Waals surface area contributed by atoms with E-state index in [0.29, 0.717) is 12.2 Å². The first kappa shape index (κ1) is 16.3. The zero-order valence-corrected chi connectivity index (χ0v) is 13.9. The molecule has 0 bridgehead atoms. The van der Waals surface area contributed by atoms with Gasteiger partial charge in [-0.2, -0.15) is 0 Å². The zero-order valence-electron chi connectivity index (χ0n) is 13.1. The summed E-state index contributed by atoms with van der Waals surface area (Å²) in [6.45, 7) is 8.01. The minimum atomic E-state index is -1.12. The second-order valence-electron chi connectivity index (χ2n) is 6.18. The Balaban J connectivity index is 2.21. The quantitative estimate of drug-likeness (QED) is 0.686. The maximum Gasteiger partial charge on any atom is 0.338 e. The summed E-state index contributed by atoms with van der Waals surface area (Å²) in [7, 11) is 0. The average Bonchev–Trinajstić information content (AvgIpc) is 2.81. The van der Waals surface area contributed by atoms with Crippen molar-refractivity contribution >= 4 is 17.3 Å². The van der Waals surface area contributed by atoms with E-state index < -0.39 is 11.4 Å². The molecule has 0 radical (unpaired) electrons. The predicted molar refractivity (Wildman–Crippen MR) is 84.5 cm³/mol. The molecule has 2 rings (SSSR count). The zero-order chi connectivity index (χ0) is 15.6. The van der Waals surface area contributed by atoms with Crippen molar-refractivity contribution in [1.29, 1.82) is 0 Å². The first-order valence-corrected chi connectivity index (χ1v) is 8.46. The minimum absolute atomic E-state index is 0.0365. The molecule has 0 spiro atoms. The van der Waals surface area contributed by atoms with Crippen molar-refractivity contribution in [2.24, 2.45) is 0 Å². The SMILES string of the molecule is CCOC(=O)c1cccc2c1CC[C@@H]2N[S+]([O-])C(C)(C)C. The van der Waals surface area contributed by atoms with Crippen molar-refractivity contribution in [3.05, 3.63) is 34.9 Å². The number of esters is 1. The van der Waals surface area contributed by atoms with Crippen LogP contribution in [0.5, 0.6) is 0 Å². The third-order valence-corrected chi connectivity index (χ3v) is 5.18. The lowest BCUT2D eigenvalue weighted by Crippen LogP contribution is -2.40. The van der Waals surface area contributed by atoms with Gasteiger partial charge in [0.2, 0.25) is 0 Å². The van der Waals surface area contributed by atoms with E-state index in [1.54, 1.807) is 13.0 Å². The Kier molecular flexibility index (Phi) is 4.96. The summed E-state index contributed by atoms with van der Waals surface area (Å²) in [5, 5.41) is 0. The summed E-state index contributed by atoms with van der Waals surface area (Å²) in [4.78, 5) is 12.0. The average molecular weight is 309 g/mol. The first-order chi connectivity index (χ1) is 9.84. The van der Waals surface area contributed by atoms with Gasteiger partial charge >= 0.3 is 5.97 Å². The molecule has 1 aliphatic carbocycles. The van der Waals surface area contributed by atoms with E-state index in [1.165, 1.54) is 0 Å². The van der Waals surface area contributed by atoms with Crippen molar-refractivity contribution in [2.75, 3.05) is 6.61 Å². The van der Waals surface area contributed by atoms with Crippen LogP contribution in [0.25, 0.3) is 0 Å². The van der Waals surface area contributed by atoms with Crippen LogP contribution in [0.2, 0.25) is 0 Å². The number of carbonyl (C=O) groups excluding carboxylic acids is 1. The number of carbonyl (C=O) groups is 1. The molecule has 21 heavy (non-hydrogen) atoms. The smallest absolute Gasteiger partial charge is 0.338 e. The number of ether oxygens (including phenoxy) is 1. The highest BCUT2D eigenvalue weighted by atomic mass is 32.2. The van der Waals surface area contributed by atoms with Crippen LogP contribution in [0.3, 0.4) is 0 Å². The summed E-state index contributed by atoms with van der Waals surface area (Å²) >= 11 is -1.12. The molecule has 5 heteroatoms. The Morgan fingerprint density at radius 2 is 2.19 bits per heavy atom. The highest BCUT2D eigenvalue weighted by Gasteiger charge is 2.34. The predicted octanol–water partition coefficient (Wildman–Crippen LogP) is 2.90. The largest absolute Gasteiger partial charge is 0.598 e. The molecule has 0 aliphatic heterocycles. The summed E-state index contributed by atoms with van der Waals surface area (Å²) in [6, 6.07) is 5.71. The van der Waals surface area contributed by atoms with E-state index in [-0.39, 0.29) is 16.8 Å². The number of hydrogen-bond acceptors (Lipinski definition) is 4. The summed E-state index contributed by atoms with van der Waals surface area (Å²) in [6.07, 6.45) is 1.66. The fourth-order valence-corrected chi connectivity index (χ4v) is 3.34. The molecule has 0 heterocycles. The lowest BCUT2D eigenvalue weighted by Gasteiger charge is -2.26. The van der Waals surface area contributed by atoms with Crippen LogP contribution >= 0.6 is 0 Å². The summed E-state index contributed by atoms with van der Waals surface area (Å²) in [5.41, 5.74) is 2.73. The van der Waals surface area contributed by atoms with Crippen molar-refractivity contribution in [1.82, 2.24) is 4.72 Å². The molecule has 0 saturated heterocycles. The third kappa shape index (κ3) is 3.59. The minimum Gasteiger partial charge on any atom is -0.598 e. The molecule has 0 saturated carbocycles. The summed E-state index contributed by atoms with van der Waals surface area (Å²) < 4.78 is 20.3. The molecule has 1 aliphatic rings. The Bertz CT molecular complexity index is 525. The van der Waals surface area contributed by atoms with Crippen LogP contribution in [0.4, 0.5) is 0 Å². The summed E-state index contributed by atoms with van der Waals surface area (Å²) in [5.74, 6) is -0.271. The molecule has 1 aromatic rings. The highest BCUT2D eigenvalue weighted by molar-refractivity contribution is 7.90. The Hall–Kier alpha value is -1.04. The molecule has 4 nitrogen and oxygen atoms in total. The number of nitrogens with one attached hydrogen (secondary N) is 1. The number of fused-ring (bicyclic) bond motifs is 1. The van der Waals surface area contributed by atoms with Gasteiger partial charge in [0, 0.05) is 11.4 Å². The van der Waals surface area contributed by atoms with E-state index in [0.717, 1.165) is 24.0 Å². The highest BCUT2D eigenvalue weighted by Crippen LogP contribution is 2.35. The van der Waals surface area contributed by atoms with Gasteiger partial charge in [-0.05, 0) is 57.7 Å². The van der Waals surface area contributed by atoms with Crippen LogP contribution in [-0.4, -0.2) is 21.9 Å². The van der Waals surface area contributed by atoms with Gasteiger partial charge in [0.05, 0.1) is 18.2 Å². The molecule has 0 amide bonds. The van der Waals surface area contributed by atoms with Crippen molar-refractivity contribution < 1.29 is 14.1 Å². The van der Waals surface area contributed by atoms with E-state index >= 15 is 0 Å². The molecular formula is C16H23NO3S. The van der Waals surface area contributed by atoms with E-state index in [9.17, 15) is 9.35 Å². The maximum absolute atomic E-state index is 12.3. The van der Waals surface area contributed by atoms with Gasteiger partial charge in [0.15, 0.2) is 0 Å². The molecular weight excluding hydrogens is 286 g/mol. The topological polar surface area (TPSA) is 61.4 Å². The number of rotatable bonds is 4. The second kappa shape index (κ2) is 6.38. The van der Waals surface area contributed by atoms with Crippen LogP contribution < -0.4 is 4.72 Å². The Morgan fingerprint density at radius 1 is 1.48 bits per heavy atom. The normalized spacial score (nSPS) is 19.2. The Morgan fingerprint density at radius 3 is 2.81 bits per heavy atom. The molecule has 2 atom stereocenters. The van der Waals surface area contributed by atoms with Gasteiger partial charge in [-0.1, -0.05) is 12.1 Å². The van der Waals surface area contributed by atoms with Gasteiger partial charge in [-0.25, -0.2) is 4.79 Å². The fourth-order valence-electron chi connectivity index (χ4n) is 2.48. The molecule has 1 unspecified atom stereocenters. The van der Waals surface area contributed by atoms with Gasteiger partial charge in [-0.3, -0.25) is 0 Å². The molecule has 0 fully saturated rings. The van der Waals surface area contributed by atoms with Crippen molar-refractivity contribution in [2.45, 2.75) is 51.3 Å². The standard InChI is InChI=1S/C16H23NO3S/c1-5-20-15(18)13-8-6-7-12-11(13)9-10-14(12)17-21(19)16(2,3)4/h6-8,14,17H,5,9-10H2,1-4H3/t14-,21?/m0/s1. The van der Waals surface area contributed by atoms with Crippen molar-refractivity contribution in [3.63, 3.8) is 0 Å². The molecule has 1 aromatic carbocycles. The van der Waals surface area contributed by atoms with Crippen molar-refractivity contribution in [3.8, 4) is 0 Å². The van der Waals surface area contributed by atoms with Gasteiger partial charge in [0.1, 0.15) is 4.75 Å². The first-order valence-electron chi connectivity index (χ1n) is 7.31. The van der Waals surface area contributed by atoms with Crippen LogP contribution in [0.15, 0.2) is 18.2 Å². The van der Waals surface area contributed by atoms with Crippen LogP contribution in [-0.2, 0) is 22.5 Å². The number of benzene rings is 1. The third-order valence-electron chi connectivity index (χ3n) is 3.57. The maximum atomic E-state index is 12.3. The second-order valence-corrected chi connectivity index (χ2v) is 8.18. The number of hydrogen-bond donors (Lipinski definition) is 1. The van der Waals surface area contributed by atoms with E-state index in [2.05, 4.69) is 4.72 Å². The fraction of sp³-hybridized carbons (Fsp3) is 0.562.